The second kappa shape index (κ2) is 21.8. The average molecular weight is 1200 g/mol. The zero-order valence-corrected chi connectivity index (χ0v) is 45.4. The summed E-state index contributed by atoms with van der Waals surface area (Å²) in [6, 6.07) is 97.0. The predicted molar refractivity (Wildman–Crippen MR) is 321 cm³/mol. The van der Waals surface area contributed by atoms with Gasteiger partial charge in [0.25, 0.3) is 0 Å². The molecule has 0 fully saturated rings. The largest absolute Gasteiger partial charge is 3.00 e. The minimum absolute atomic E-state index is 0. The Morgan fingerprint density at radius 3 is 1.34 bits per heavy atom. The minimum atomic E-state index is 0. The van der Waals surface area contributed by atoms with E-state index in [1.54, 1.807) is 6.20 Å². The van der Waals surface area contributed by atoms with Gasteiger partial charge in [-0.25, -0.2) is 4.98 Å². The molecule has 5 aromatic heterocycles. The quantitative estimate of drug-likeness (QED) is 0.121. The van der Waals surface area contributed by atoms with Crippen molar-refractivity contribution >= 4 is 22.1 Å². The fraction of sp³-hybridized carbons (Fsp3) is 0. The van der Waals surface area contributed by atoms with E-state index in [-0.39, 0.29) is 20.1 Å². The van der Waals surface area contributed by atoms with E-state index in [1.165, 1.54) is 0 Å². The van der Waals surface area contributed by atoms with Crippen molar-refractivity contribution in [2.24, 2.45) is 0 Å². The van der Waals surface area contributed by atoms with Crippen molar-refractivity contribution in [1.29, 1.82) is 0 Å². The van der Waals surface area contributed by atoms with Gasteiger partial charge >= 0.3 is 20.1 Å². The maximum absolute atomic E-state index is 6.27. The number of hydrogen-bond acceptors (Lipinski definition) is 5. The molecular weight excluding hydrogens is 1150 g/mol. The molecule has 6 heteroatoms. The minimum Gasteiger partial charge on any atom is -0.458 e. The smallest absolute Gasteiger partial charge is 0.458 e. The maximum Gasteiger partial charge on any atom is 3.00 e. The van der Waals surface area contributed by atoms with E-state index >= 15 is 0 Å². The summed E-state index contributed by atoms with van der Waals surface area (Å²) < 4.78 is 6.27. The normalized spacial score (nSPS) is 11.2. The fourth-order valence-corrected chi connectivity index (χ4v) is 10.9. The van der Waals surface area contributed by atoms with Crippen molar-refractivity contribution in [3.05, 3.63) is 292 Å². The molecule has 0 aliphatic rings. The molecule has 0 spiro atoms. The van der Waals surface area contributed by atoms with Crippen LogP contribution in [0.25, 0.3) is 145 Å². The van der Waals surface area contributed by atoms with E-state index in [9.17, 15) is 0 Å². The topological polar surface area (TPSA) is 64.7 Å². The van der Waals surface area contributed by atoms with Crippen LogP contribution in [-0.4, -0.2) is 19.9 Å². The number of hydrogen-bond donors (Lipinski definition) is 0. The van der Waals surface area contributed by atoms with Crippen LogP contribution in [0.1, 0.15) is 0 Å². The Balaban J connectivity index is 0.00000605. The number of furan rings is 1. The van der Waals surface area contributed by atoms with Crippen molar-refractivity contribution in [2.75, 3.05) is 0 Å². The molecule has 14 rings (SSSR count). The first-order valence-corrected chi connectivity index (χ1v) is 26.3. The molecule has 5 nitrogen and oxygen atoms in total. The first-order chi connectivity index (χ1) is 39.2. The van der Waals surface area contributed by atoms with Crippen molar-refractivity contribution in [3.63, 3.8) is 0 Å². The summed E-state index contributed by atoms with van der Waals surface area (Å²) in [6.07, 6.45) is 7.74. The molecule has 0 saturated carbocycles. The second-order valence-electron chi connectivity index (χ2n) is 19.5. The van der Waals surface area contributed by atoms with Gasteiger partial charge in [0.1, 0.15) is 0 Å². The Kier molecular flexibility index (Phi) is 13.5. The van der Waals surface area contributed by atoms with Crippen LogP contribution in [0.2, 0.25) is 0 Å². The molecule has 5 heterocycles. The van der Waals surface area contributed by atoms with Gasteiger partial charge in [0.2, 0.25) is 5.71 Å². The molecule has 0 aliphatic heterocycles. The molecule has 9 aromatic carbocycles. The number of aromatic nitrogens is 4. The second-order valence-corrected chi connectivity index (χ2v) is 19.5. The van der Waals surface area contributed by atoms with Crippen LogP contribution >= 0.6 is 0 Å². The zero-order chi connectivity index (χ0) is 52.5. The van der Waals surface area contributed by atoms with E-state index < -0.39 is 0 Å². The van der Waals surface area contributed by atoms with Crippen LogP contribution in [-0.2, 0) is 20.1 Å². The number of pyridine rings is 4. The predicted octanol–water partition coefficient (Wildman–Crippen LogP) is 18.9. The Labute approximate surface area is 478 Å². The zero-order valence-electron chi connectivity index (χ0n) is 43.0. The van der Waals surface area contributed by atoms with Gasteiger partial charge in [-0.05, 0) is 125 Å². The standard InChI is InChI=1S/C74H45N4O.Ir/c1-4-18-49(19-5-1)50-33-35-51(36-34-50)67-45-71(65-30-16-32-72-73(65)66-31-17-41-75-74(66)79-72)78-48-68(67)64-29-15-14-28-63(64)58-43-56(61-26-12-10-24-59(61)54-37-39-69(76-46-54)52-20-6-2-7-21-52)42-57(44-58)62-27-13-11-25-60(62)55-38-40-70(77-47-55)53-22-8-3-9-23-53;/h1-20,22,24-29,31-48H;/q-3;+3. The summed E-state index contributed by atoms with van der Waals surface area (Å²) in [6.45, 7) is 0. The summed E-state index contributed by atoms with van der Waals surface area (Å²) in [5, 5.41) is 1.86. The summed E-state index contributed by atoms with van der Waals surface area (Å²) in [4.78, 5) is 19.8. The van der Waals surface area contributed by atoms with Crippen LogP contribution in [0.4, 0.5) is 0 Å². The van der Waals surface area contributed by atoms with Crippen molar-refractivity contribution < 1.29 is 24.5 Å². The molecule has 0 amide bonds. The number of nitrogens with zero attached hydrogens (tertiary/aromatic N) is 4. The monoisotopic (exact) mass is 1200 g/mol. The van der Waals surface area contributed by atoms with Gasteiger partial charge in [0, 0.05) is 35.7 Å². The third kappa shape index (κ3) is 9.54. The molecule has 14 aromatic rings. The van der Waals surface area contributed by atoms with Gasteiger partial charge in [0.05, 0.1) is 5.58 Å². The molecule has 376 valence electrons. The Bertz CT molecular complexity index is 4360. The van der Waals surface area contributed by atoms with Gasteiger partial charge in [-0.15, -0.1) is 89.5 Å². The number of fused-ring (bicyclic) bond motifs is 3. The van der Waals surface area contributed by atoms with Gasteiger partial charge in [0.15, 0.2) is 0 Å². The Morgan fingerprint density at radius 2 is 0.787 bits per heavy atom. The van der Waals surface area contributed by atoms with Crippen LogP contribution in [0, 0.1) is 18.2 Å². The molecular formula is C74H45IrN4O. The van der Waals surface area contributed by atoms with Crippen LogP contribution in [0.3, 0.4) is 0 Å². The first kappa shape index (κ1) is 49.6. The fourth-order valence-electron chi connectivity index (χ4n) is 10.9. The average Bonchev–Trinajstić information content (AvgIpc) is 4.03. The Morgan fingerprint density at radius 1 is 0.300 bits per heavy atom. The van der Waals surface area contributed by atoms with Gasteiger partial charge in [-0.1, -0.05) is 175 Å². The van der Waals surface area contributed by atoms with Gasteiger partial charge < -0.3 is 19.4 Å². The van der Waals surface area contributed by atoms with Crippen LogP contribution in [0.15, 0.2) is 278 Å². The first-order valence-electron chi connectivity index (χ1n) is 26.3. The molecule has 0 unspecified atom stereocenters. The van der Waals surface area contributed by atoms with Crippen molar-refractivity contribution in [2.45, 2.75) is 0 Å². The van der Waals surface area contributed by atoms with Crippen LogP contribution < -0.4 is 0 Å². The van der Waals surface area contributed by atoms with E-state index in [2.05, 4.69) is 199 Å². The van der Waals surface area contributed by atoms with E-state index in [0.29, 0.717) is 5.71 Å². The summed E-state index contributed by atoms with van der Waals surface area (Å²) in [5.74, 6) is 0. The summed E-state index contributed by atoms with van der Waals surface area (Å²) >= 11 is 0. The van der Waals surface area contributed by atoms with Crippen LogP contribution in [0.5, 0.6) is 0 Å². The third-order valence-electron chi connectivity index (χ3n) is 14.7. The molecule has 80 heavy (non-hydrogen) atoms. The van der Waals surface area contributed by atoms with Crippen molar-refractivity contribution in [3.8, 4) is 123 Å². The van der Waals surface area contributed by atoms with E-state index in [1.807, 2.05) is 91.4 Å². The number of rotatable bonds is 11. The Hall–Kier alpha value is -9.97. The molecule has 0 N–H and O–H groups in total. The maximum atomic E-state index is 6.27. The summed E-state index contributed by atoms with van der Waals surface area (Å²) in [5.41, 5.74) is 23.7. The summed E-state index contributed by atoms with van der Waals surface area (Å²) in [7, 11) is 0. The van der Waals surface area contributed by atoms with E-state index in [4.69, 9.17) is 19.4 Å². The SMILES string of the molecule is [Ir+3].[c-]1ccccc1-c1ccc(-c2ccccc2-c2cc(-c3ccccc3-c3ccc(-c4[c-]cccc4)nc3)cc(-c3ccccc3-c3cnc(-c4[c-]ccc5oc6ncccc6c45)cc3-c3ccc(-c4ccccc4)cc3)c2)cn1. The molecule has 0 aliphatic carbocycles. The third-order valence-corrected chi connectivity index (χ3v) is 14.7. The van der Waals surface area contributed by atoms with E-state index in [0.717, 1.165) is 139 Å². The molecule has 0 atom stereocenters. The number of benzene rings is 9. The molecule has 0 saturated heterocycles. The van der Waals surface area contributed by atoms with Gasteiger partial charge in [-0.3, -0.25) is 0 Å². The molecule has 0 radical (unpaired) electrons. The molecule has 0 bridgehead atoms. The van der Waals surface area contributed by atoms with Crippen molar-refractivity contribution in [1.82, 2.24) is 19.9 Å². The van der Waals surface area contributed by atoms with Gasteiger partial charge in [-0.2, -0.15) is 0 Å².